The summed E-state index contributed by atoms with van der Waals surface area (Å²) in [5.74, 6) is -0.995. The average molecular weight is 306 g/mol. The zero-order valence-corrected chi connectivity index (χ0v) is 11.3. The van der Waals surface area contributed by atoms with Crippen molar-refractivity contribution < 1.29 is 27.8 Å². The van der Waals surface area contributed by atoms with Crippen molar-refractivity contribution in [2.45, 2.75) is 12.6 Å². The molecular formula is C13H17F3N2O3. The quantitative estimate of drug-likeness (QED) is 0.568. The Kier molecular flexibility index (Phi) is 6.29. The van der Waals surface area contributed by atoms with Gasteiger partial charge in [0.2, 0.25) is 0 Å². The van der Waals surface area contributed by atoms with Crippen LogP contribution in [0.25, 0.3) is 0 Å². The van der Waals surface area contributed by atoms with Crippen molar-refractivity contribution >= 4 is 17.3 Å². The van der Waals surface area contributed by atoms with E-state index in [0.717, 1.165) is 0 Å². The minimum atomic E-state index is -4.38. The molecule has 0 heterocycles. The maximum atomic E-state index is 12.0. The van der Waals surface area contributed by atoms with Crippen LogP contribution < -0.4 is 10.6 Å². The fraction of sp³-hybridized carbons (Fsp3) is 0.462. The lowest BCUT2D eigenvalue weighted by atomic mass is 10.2. The van der Waals surface area contributed by atoms with Gasteiger partial charge in [-0.3, -0.25) is 4.79 Å². The number of alkyl halides is 3. The van der Waals surface area contributed by atoms with Gasteiger partial charge in [-0.25, -0.2) is 0 Å². The Labute approximate surface area is 120 Å². The Balaban J connectivity index is 2.61. The summed E-state index contributed by atoms with van der Waals surface area (Å²) in [4.78, 5) is 12.2. The number of rotatable bonds is 8. The zero-order valence-electron chi connectivity index (χ0n) is 11.3. The van der Waals surface area contributed by atoms with Gasteiger partial charge in [0.25, 0.3) is 0 Å². The third-order valence-electron chi connectivity index (χ3n) is 2.64. The van der Waals surface area contributed by atoms with Crippen LogP contribution in [0.15, 0.2) is 24.3 Å². The number of nitrogens with two attached hydrogens (primary N) is 1. The highest BCUT2D eigenvalue weighted by Gasteiger charge is 2.27. The number of anilines is 2. The van der Waals surface area contributed by atoms with Crippen molar-refractivity contribution in [1.29, 1.82) is 0 Å². The number of benzene rings is 1. The maximum absolute atomic E-state index is 12.0. The van der Waals surface area contributed by atoms with Gasteiger partial charge < -0.3 is 20.5 Å². The smallest absolute Gasteiger partial charge is 0.411 e. The van der Waals surface area contributed by atoms with E-state index in [1.165, 1.54) is 0 Å². The van der Waals surface area contributed by atoms with E-state index in [-0.39, 0.29) is 26.1 Å². The van der Waals surface area contributed by atoms with E-state index < -0.39 is 18.8 Å². The number of halogens is 3. The molecule has 0 atom stereocenters. The van der Waals surface area contributed by atoms with E-state index in [1.54, 1.807) is 29.2 Å². The first-order valence-electron chi connectivity index (χ1n) is 6.25. The Morgan fingerprint density at radius 1 is 1.29 bits per heavy atom. The molecule has 0 amide bonds. The molecule has 0 fully saturated rings. The molecule has 1 aromatic carbocycles. The van der Waals surface area contributed by atoms with Crippen molar-refractivity contribution in [2.24, 2.45) is 0 Å². The Hall–Kier alpha value is -1.96. The number of hydrogen-bond donors (Lipinski definition) is 2. The molecule has 8 heteroatoms. The van der Waals surface area contributed by atoms with E-state index in [2.05, 4.69) is 4.74 Å². The fourth-order valence-electron chi connectivity index (χ4n) is 1.72. The second-order valence-corrected chi connectivity index (χ2v) is 4.36. The van der Waals surface area contributed by atoms with E-state index in [0.29, 0.717) is 11.4 Å². The van der Waals surface area contributed by atoms with Gasteiger partial charge in [0.05, 0.1) is 24.4 Å². The normalized spacial score (nSPS) is 11.4. The third kappa shape index (κ3) is 6.84. The molecule has 0 aliphatic heterocycles. The SMILES string of the molecule is Nc1ccccc1N(CCOCC(F)(F)F)CCC(=O)O. The first-order valence-corrected chi connectivity index (χ1v) is 6.25. The lowest BCUT2D eigenvalue weighted by Gasteiger charge is -2.25. The molecule has 0 saturated heterocycles. The molecule has 0 spiro atoms. The summed E-state index contributed by atoms with van der Waals surface area (Å²) < 4.78 is 40.5. The van der Waals surface area contributed by atoms with Gasteiger partial charge in [0, 0.05) is 13.1 Å². The van der Waals surface area contributed by atoms with Crippen molar-refractivity contribution in [2.75, 3.05) is 36.9 Å². The minimum Gasteiger partial charge on any atom is -0.481 e. The highest BCUT2D eigenvalue weighted by atomic mass is 19.4. The predicted octanol–water partition coefficient (Wildman–Crippen LogP) is 2.13. The Bertz CT molecular complexity index is 466. The predicted molar refractivity (Wildman–Crippen MR) is 72.2 cm³/mol. The van der Waals surface area contributed by atoms with Crippen LogP contribution in [0.4, 0.5) is 24.5 Å². The molecule has 0 aromatic heterocycles. The molecule has 1 aromatic rings. The number of carboxylic acids is 1. The van der Waals surface area contributed by atoms with Crippen LogP contribution in [0.3, 0.4) is 0 Å². The molecule has 0 bridgehead atoms. The third-order valence-corrected chi connectivity index (χ3v) is 2.64. The highest BCUT2D eigenvalue weighted by molar-refractivity contribution is 5.70. The number of para-hydroxylation sites is 2. The van der Waals surface area contributed by atoms with Crippen LogP contribution in [-0.2, 0) is 9.53 Å². The Morgan fingerprint density at radius 3 is 2.52 bits per heavy atom. The van der Waals surface area contributed by atoms with Crippen LogP contribution in [0, 0.1) is 0 Å². The number of nitrogens with zero attached hydrogens (tertiary/aromatic N) is 1. The number of hydrogen-bond acceptors (Lipinski definition) is 4. The standard InChI is InChI=1S/C13H17F3N2O3/c14-13(15,16)9-21-8-7-18(6-5-12(19)20)11-4-2-1-3-10(11)17/h1-4H,5-9,17H2,(H,19,20). The highest BCUT2D eigenvalue weighted by Crippen LogP contribution is 2.22. The van der Waals surface area contributed by atoms with Crippen molar-refractivity contribution in [3.63, 3.8) is 0 Å². The zero-order chi connectivity index (χ0) is 15.9. The van der Waals surface area contributed by atoms with Crippen LogP contribution >= 0.6 is 0 Å². The van der Waals surface area contributed by atoms with Gasteiger partial charge in [0.15, 0.2) is 0 Å². The first-order chi connectivity index (χ1) is 9.79. The Morgan fingerprint density at radius 2 is 1.95 bits per heavy atom. The number of nitrogen functional groups attached to an aromatic ring is 1. The number of ether oxygens (including phenoxy) is 1. The summed E-state index contributed by atoms with van der Waals surface area (Å²) in [6.45, 7) is -1.24. The van der Waals surface area contributed by atoms with Crippen molar-refractivity contribution in [3.8, 4) is 0 Å². The summed E-state index contributed by atoms with van der Waals surface area (Å²) in [5, 5.41) is 8.72. The van der Waals surface area contributed by atoms with E-state index >= 15 is 0 Å². The monoisotopic (exact) mass is 306 g/mol. The molecule has 21 heavy (non-hydrogen) atoms. The molecule has 5 nitrogen and oxygen atoms in total. The molecule has 3 N–H and O–H groups in total. The molecule has 0 aliphatic carbocycles. The second kappa shape index (κ2) is 7.72. The molecule has 0 radical (unpaired) electrons. The maximum Gasteiger partial charge on any atom is 0.411 e. The number of carbonyl (C=O) groups is 1. The molecule has 0 unspecified atom stereocenters. The van der Waals surface area contributed by atoms with Gasteiger partial charge in [-0.2, -0.15) is 13.2 Å². The minimum absolute atomic E-state index is 0.123. The van der Waals surface area contributed by atoms with Gasteiger partial charge in [-0.05, 0) is 12.1 Å². The topological polar surface area (TPSA) is 75.8 Å². The lowest BCUT2D eigenvalue weighted by Crippen LogP contribution is -2.31. The second-order valence-electron chi connectivity index (χ2n) is 4.36. The molecule has 1 rings (SSSR count). The van der Waals surface area contributed by atoms with Crippen LogP contribution in [0.5, 0.6) is 0 Å². The van der Waals surface area contributed by atoms with Gasteiger partial charge in [0.1, 0.15) is 6.61 Å². The molecule has 118 valence electrons. The molecular weight excluding hydrogens is 289 g/mol. The first kappa shape index (κ1) is 17.1. The van der Waals surface area contributed by atoms with Gasteiger partial charge in [-0.1, -0.05) is 12.1 Å². The van der Waals surface area contributed by atoms with Gasteiger partial charge >= 0.3 is 12.1 Å². The fourth-order valence-corrected chi connectivity index (χ4v) is 1.72. The van der Waals surface area contributed by atoms with Crippen LogP contribution in [0.1, 0.15) is 6.42 Å². The number of aliphatic carboxylic acids is 1. The lowest BCUT2D eigenvalue weighted by molar-refractivity contribution is -0.173. The summed E-state index contributed by atoms with van der Waals surface area (Å²) in [7, 11) is 0. The summed E-state index contributed by atoms with van der Waals surface area (Å²) in [6, 6.07) is 6.75. The average Bonchev–Trinajstić information content (AvgIpc) is 2.37. The van der Waals surface area contributed by atoms with Crippen molar-refractivity contribution in [1.82, 2.24) is 0 Å². The summed E-state index contributed by atoms with van der Waals surface area (Å²) in [5.41, 5.74) is 6.80. The van der Waals surface area contributed by atoms with Crippen LogP contribution in [-0.4, -0.2) is 43.6 Å². The van der Waals surface area contributed by atoms with Crippen LogP contribution in [0.2, 0.25) is 0 Å². The molecule has 0 saturated carbocycles. The largest absolute Gasteiger partial charge is 0.481 e. The summed E-state index contributed by atoms with van der Waals surface area (Å²) in [6.07, 6.45) is -4.52. The number of carboxylic acid groups (broad SMARTS) is 1. The van der Waals surface area contributed by atoms with E-state index in [4.69, 9.17) is 10.8 Å². The summed E-state index contributed by atoms with van der Waals surface area (Å²) >= 11 is 0. The molecule has 0 aliphatic rings. The van der Waals surface area contributed by atoms with Crippen molar-refractivity contribution in [3.05, 3.63) is 24.3 Å². The van der Waals surface area contributed by atoms with E-state index in [1.807, 2.05) is 0 Å². The van der Waals surface area contributed by atoms with E-state index in [9.17, 15) is 18.0 Å². The van der Waals surface area contributed by atoms with Gasteiger partial charge in [-0.15, -0.1) is 0 Å².